The van der Waals surface area contributed by atoms with Crippen molar-refractivity contribution in [2.24, 2.45) is 0 Å². The molecule has 3 aromatic rings. The Hall–Kier alpha value is -3.29. The highest BCUT2D eigenvalue weighted by Gasteiger charge is 2.26. The molecule has 0 spiro atoms. The zero-order valence-corrected chi connectivity index (χ0v) is 16.4. The summed E-state index contributed by atoms with van der Waals surface area (Å²) in [4.78, 5) is 20.9. The van der Waals surface area contributed by atoms with E-state index in [1.807, 2.05) is 12.1 Å². The van der Waals surface area contributed by atoms with Crippen molar-refractivity contribution in [3.8, 4) is 17.5 Å². The first-order chi connectivity index (χ1) is 14.2. The summed E-state index contributed by atoms with van der Waals surface area (Å²) in [5.41, 5.74) is 0.579. The highest BCUT2D eigenvalue weighted by atomic mass is 16.5. The van der Waals surface area contributed by atoms with E-state index in [1.54, 1.807) is 31.6 Å². The Balaban J connectivity index is 1.34. The zero-order chi connectivity index (χ0) is 20.2. The number of aromatic nitrogens is 2. The van der Waals surface area contributed by atoms with Crippen molar-refractivity contribution >= 4 is 16.9 Å². The molecule has 0 saturated heterocycles. The molecule has 152 valence electrons. The number of furan rings is 1. The van der Waals surface area contributed by atoms with Gasteiger partial charge >= 0.3 is 0 Å². The van der Waals surface area contributed by atoms with Crippen LogP contribution >= 0.6 is 0 Å². The summed E-state index contributed by atoms with van der Waals surface area (Å²) >= 11 is 0. The standard InChI is InChI=1S/C21H23N3O5/c1-26-16-5-3-4-13-12-17(29-18(13)16)19(25)24-14-6-8-15(9-7-14)28-21-20(27-2)22-10-11-23-21/h3-5,10-12,14-15H,6-9H2,1-2H3,(H,24,25). The normalized spacial score (nSPS) is 19.0. The molecule has 0 unspecified atom stereocenters. The minimum Gasteiger partial charge on any atom is -0.493 e. The third-order valence-electron chi connectivity index (χ3n) is 5.07. The van der Waals surface area contributed by atoms with E-state index in [0.29, 0.717) is 23.1 Å². The number of hydrogen-bond donors (Lipinski definition) is 1. The van der Waals surface area contributed by atoms with Crippen LogP contribution in [0.2, 0.25) is 0 Å². The molecule has 0 atom stereocenters. The topological polar surface area (TPSA) is 95.7 Å². The van der Waals surface area contributed by atoms with Crippen LogP contribution in [-0.2, 0) is 0 Å². The van der Waals surface area contributed by atoms with Gasteiger partial charge in [-0.1, -0.05) is 12.1 Å². The van der Waals surface area contributed by atoms with Gasteiger partial charge in [-0.15, -0.1) is 0 Å². The van der Waals surface area contributed by atoms with Gasteiger partial charge in [0.05, 0.1) is 14.2 Å². The van der Waals surface area contributed by atoms with Gasteiger partial charge in [-0.25, -0.2) is 9.97 Å². The number of amides is 1. The van der Waals surface area contributed by atoms with Crippen molar-refractivity contribution in [1.29, 1.82) is 0 Å². The molecule has 2 heterocycles. The molecule has 1 fully saturated rings. The van der Waals surface area contributed by atoms with Crippen LogP contribution in [0.1, 0.15) is 36.2 Å². The van der Waals surface area contributed by atoms with Crippen LogP contribution in [0.4, 0.5) is 0 Å². The van der Waals surface area contributed by atoms with E-state index in [-0.39, 0.29) is 23.8 Å². The Morgan fingerprint density at radius 3 is 2.55 bits per heavy atom. The Morgan fingerprint density at radius 2 is 1.83 bits per heavy atom. The number of rotatable bonds is 6. The number of hydrogen-bond acceptors (Lipinski definition) is 7. The number of fused-ring (bicyclic) bond motifs is 1. The maximum Gasteiger partial charge on any atom is 0.287 e. The number of nitrogens with one attached hydrogen (secondary N) is 1. The van der Waals surface area contributed by atoms with Crippen molar-refractivity contribution in [2.45, 2.75) is 37.8 Å². The summed E-state index contributed by atoms with van der Waals surface area (Å²) in [5, 5.41) is 3.90. The van der Waals surface area contributed by atoms with E-state index in [1.165, 1.54) is 7.11 Å². The molecule has 1 amide bonds. The summed E-state index contributed by atoms with van der Waals surface area (Å²) in [6.45, 7) is 0. The second-order valence-corrected chi connectivity index (χ2v) is 6.92. The van der Waals surface area contributed by atoms with E-state index in [9.17, 15) is 4.79 Å². The Bertz CT molecular complexity index is 995. The fourth-order valence-corrected chi connectivity index (χ4v) is 3.58. The average molecular weight is 397 g/mol. The maximum absolute atomic E-state index is 12.6. The number of carbonyl (C=O) groups is 1. The molecule has 1 aromatic carbocycles. The molecule has 29 heavy (non-hydrogen) atoms. The maximum atomic E-state index is 12.6. The molecular formula is C21H23N3O5. The Kier molecular flexibility index (Phi) is 5.50. The van der Waals surface area contributed by atoms with Gasteiger partial charge in [-0.3, -0.25) is 4.79 Å². The number of nitrogens with zero attached hydrogens (tertiary/aromatic N) is 2. The van der Waals surface area contributed by atoms with Crippen molar-refractivity contribution in [2.75, 3.05) is 14.2 Å². The van der Waals surface area contributed by atoms with Gasteiger partial charge in [0.15, 0.2) is 17.1 Å². The highest BCUT2D eigenvalue weighted by Crippen LogP contribution is 2.30. The molecule has 2 aromatic heterocycles. The van der Waals surface area contributed by atoms with Crippen molar-refractivity contribution in [3.05, 3.63) is 42.4 Å². The molecule has 0 radical (unpaired) electrons. The van der Waals surface area contributed by atoms with Crippen molar-refractivity contribution in [3.63, 3.8) is 0 Å². The first-order valence-corrected chi connectivity index (χ1v) is 9.57. The van der Waals surface area contributed by atoms with Gasteiger partial charge in [-0.05, 0) is 37.8 Å². The van der Waals surface area contributed by atoms with Crippen molar-refractivity contribution < 1.29 is 23.4 Å². The van der Waals surface area contributed by atoms with E-state index in [4.69, 9.17) is 18.6 Å². The highest BCUT2D eigenvalue weighted by molar-refractivity contribution is 5.97. The lowest BCUT2D eigenvalue weighted by atomic mass is 9.93. The van der Waals surface area contributed by atoms with Crippen LogP contribution < -0.4 is 19.5 Å². The minimum atomic E-state index is -0.219. The van der Waals surface area contributed by atoms with Gasteiger partial charge in [0.25, 0.3) is 17.7 Å². The van der Waals surface area contributed by atoms with Crippen LogP contribution in [0.3, 0.4) is 0 Å². The summed E-state index contributed by atoms with van der Waals surface area (Å²) in [6, 6.07) is 7.37. The molecular weight excluding hydrogens is 374 g/mol. The predicted molar refractivity (Wildman–Crippen MR) is 105 cm³/mol. The molecule has 4 rings (SSSR count). The van der Waals surface area contributed by atoms with Crippen molar-refractivity contribution in [1.82, 2.24) is 15.3 Å². The summed E-state index contributed by atoms with van der Waals surface area (Å²) in [5.74, 6) is 1.45. The number of methoxy groups -OCH3 is 2. The Labute approximate surface area is 168 Å². The second-order valence-electron chi connectivity index (χ2n) is 6.92. The average Bonchev–Trinajstić information content (AvgIpc) is 3.20. The largest absolute Gasteiger partial charge is 0.493 e. The van der Waals surface area contributed by atoms with Crippen LogP contribution in [0, 0.1) is 0 Å². The SMILES string of the molecule is COc1nccnc1OC1CCC(NC(=O)c2cc3cccc(OC)c3o2)CC1. The Morgan fingerprint density at radius 1 is 1.07 bits per heavy atom. The van der Waals surface area contributed by atoms with Crippen LogP contribution in [0.25, 0.3) is 11.0 Å². The lowest BCUT2D eigenvalue weighted by Crippen LogP contribution is -2.39. The summed E-state index contributed by atoms with van der Waals surface area (Å²) in [7, 11) is 3.12. The van der Waals surface area contributed by atoms with Crippen LogP contribution in [0.15, 0.2) is 41.1 Å². The van der Waals surface area contributed by atoms with E-state index >= 15 is 0 Å². The first-order valence-electron chi connectivity index (χ1n) is 9.57. The lowest BCUT2D eigenvalue weighted by Gasteiger charge is -2.29. The minimum absolute atomic E-state index is 0.0178. The molecule has 0 aliphatic heterocycles. The van der Waals surface area contributed by atoms with Gasteiger partial charge in [0.2, 0.25) is 0 Å². The van der Waals surface area contributed by atoms with Gasteiger partial charge in [0.1, 0.15) is 6.10 Å². The number of ether oxygens (including phenoxy) is 3. The summed E-state index contributed by atoms with van der Waals surface area (Å²) < 4.78 is 22.1. The molecule has 1 saturated carbocycles. The molecule has 1 aliphatic carbocycles. The van der Waals surface area contributed by atoms with Crippen LogP contribution in [0.5, 0.6) is 17.5 Å². The summed E-state index contributed by atoms with van der Waals surface area (Å²) in [6.07, 6.45) is 6.38. The zero-order valence-electron chi connectivity index (χ0n) is 16.4. The molecule has 1 N–H and O–H groups in total. The number of carbonyl (C=O) groups excluding carboxylic acids is 1. The molecule has 1 aliphatic rings. The third-order valence-corrected chi connectivity index (χ3v) is 5.07. The fourth-order valence-electron chi connectivity index (χ4n) is 3.58. The lowest BCUT2D eigenvalue weighted by molar-refractivity contribution is 0.0862. The molecule has 8 heteroatoms. The first kappa shape index (κ1) is 19.0. The van der Waals surface area contributed by atoms with E-state index in [0.717, 1.165) is 31.1 Å². The monoisotopic (exact) mass is 397 g/mol. The van der Waals surface area contributed by atoms with Gasteiger partial charge in [0, 0.05) is 23.8 Å². The molecule has 8 nitrogen and oxygen atoms in total. The smallest absolute Gasteiger partial charge is 0.287 e. The van der Waals surface area contributed by atoms with E-state index < -0.39 is 0 Å². The predicted octanol–water partition coefficient (Wildman–Crippen LogP) is 3.36. The van der Waals surface area contributed by atoms with Crippen LogP contribution in [-0.4, -0.2) is 42.2 Å². The van der Waals surface area contributed by atoms with E-state index in [2.05, 4.69) is 15.3 Å². The van der Waals surface area contributed by atoms with Gasteiger partial charge < -0.3 is 23.9 Å². The molecule has 0 bridgehead atoms. The second kappa shape index (κ2) is 8.38. The number of para-hydroxylation sites is 1. The fraction of sp³-hybridized carbons (Fsp3) is 0.381. The number of benzene rings is 1. The third kappa shape index (κ3) is 4.11. The quantitative estimate of drug-likeness (QED) is 0.681. The van der Waals surface area contributed by atoms with Gasteiger partial charge in [-0.2, -0.15) is 0 Å².